The van der Waals surface area contributed by atoms with Gasteiger partial charge >= 0.3 is 5.69 Å². The summed E-state index contributed by atoms with van der Waals surface area (Å²) in [5.74, 6) is -0.722. The first-order valence-electron chi connectivity index (χ1n) is 4.72. The number of fused-ring (bicyclic) bond motifs is 1. The van der Waals surface area contributed by atoms with Gasteiger partial charge in [-0.2, -0.15) is 0 Å². The van der Waals surface area contributed by atoms with E-state index < -0.39 is 17.2 Å². The maximum Gasteiger partial charge on any atom is 0.328 e. The van der Waals surface area contributed by atoms with Crippen LogP contribution in [0.4, 0.5) is 0 Å². The van der Waals surface area contributed by atoms with Crippen molar-refractivity contribution >= 4 is 16.8 Å². The Morgan fingerprint density at radius 1 is 1.41 bits per heavy atom. The Labute approximate surface area is 94.3 Å². The highest BCUT2D eigenvalue weighted by Crippen LogP contribution is 2.08. The lowest BCUT2D eigenvalue weighted by Gasteiger charge is -2.03. The van der Waals surface area contributed by atoms with Crippen molar-refractivity contribution in [2.24, 2.45) is 7.05 Å². The van der Waals surface area contributed by atoms with Crippen LogP contribution in [-0.2, 0) is 7.05 Å². The van der Waals surface area contributed by atoms with Crippen LogP contribution in [0.15, 0.2) is 27.8 Å². The highest BCUT2D eigenvalue weighted by molar-refractivity contribution is 5.97. The average molecular weight is 235 g/mol. The molecule has 0 unspecified atom stereocenters. The fourth-order valence-electron chi connectivity index (χ4n) is 1.51. The number of nitrogens with zero attached hydrogens (tertiary/aromatic N) is 1. The number of H-pyrrole nitrogens is 1. The highest BCUT2D eigenvalue weighted by atomic mass is 16.5. The van der Waals surface area contributed by atoms with Crippen molar-refractivity contribution in [2.45, 2.75) is 0 Å². The lowest BCUT2D eigenvalue weighted by Crippen LogP contribution is -2.32. The number of hydroxylamine groups is 1. The Balaban J connectivity index is 2.82. The molecule has 0 aliphatic rings. The van der Waals surface area contributed by atoms with Crippen LogP contribution in [0.25, 0.3) is 10.9 Å². The normalized spacial score (nSPS) is 10.5. The van der Waals surface area contributed by atoms with Crippen molar-refractivity contribution in [3.63, 3.8) is 0 Å². The van der Waals surface area contributed by atoms with Crippen LogP contribution in [0.2, 0.25) is 0 Å². The van der Waals surface area contributed by atoms with E-state index in [4.69, 9.17) is 5.21 Å². The largest absolute Gasteiger partial charge is 0.328 e. The van der Waals surface area contributed by atoms with Crippen molar-refractivity contribution in [3.8, 4) is 0 Å². The molecule has 3 N–H and O–H groups in total. The third-order valence-electron chi connectivity index (χ3n) is 2.46. The Morgan fingerprint density at radius 2 is 2.12 bits per heavy atom. The van der Waals surface area contributed by atoms with Gasteiger partial charge in [0, 0.05) is 12.6 Å². The Bertz CT molecular complexity index is 714. The number of aromatic amines is 1. The summed E-state index contributed by atoms with van der Waals surface area (Å²) < 4.78 is 0.906. The summed E-state index contributed by atoms with van der Waals surface area (Å²) in [7, 11) is 1.33. The highest BCUT2D eigenvalue weighted by Gasteiger charge is 2.09. The van der Waals surface area contributed by atoms with Gasteiger partial charge in [-0.15, -0.1) is 0 Å². The van der Waals surface area contributed by atoms with Gasteiger partial charge in [0.2, 0.25) is 0 Å². The number of hydrogen-bond acceptors (Lipinski definition) is 4. The topological polar surface area (TPSA) is 104 Å². The van der Waals surface area contributed by atoms with Gasteiger partial charge in [-0.3, -0.25) is 19.4 Å². The zero-order chi connectivity index (χ0) is 12.6. The van der Waals surface area contributed by atoms with E-state index in [1.807, 2.05) is 0 Å². The second-order valence-electron chi connectivity index (χ2n) is 3.50. The molecule has 1 heterocycles. The van der Waals surface area contributed by atoms with E-state index in [-0.39, 0.29) is 10.9 Å². The van der Waals surface area contributed by atoms with Gasteiger partial charge in [0.15, 0.2) is 0 Å². The standard InChI is InChI=1S/C10H9N3O4/c1-13-9(15)6-4-5(8(14)12-17)2-3-7(6)11-10(13)16/h2-4,17H,1H3,(H,11,16)(H,12,14). The van der Waals surface area contributed by atoms with Crippen LogP contribution in [-0.4, -0.2) is 20.7 Å². The van der Waals surface area contributed by atoms with Gasteiger partial charge in [-0.25, -0.2) is 10.3 Å². The van der Waals surface area contributed by atoms with E-state index in [2.05, 4.69) is 4.98 Å². The van der Waals surface area contributed by atoms with Crippen LogP contribution in [0.3, 0.4) is 0 Å². The minimum Gasteiger partial charge on any atom is -0.307 e. The third-order valence-corrected chi connectivity index (χ3v) is 2.46. The number of amides is 1. The Kier molecular flexibility index (Phi) is 2.52. The Hall–Kier alpha value is -2.41. The molecule has 0 saturated carbocycles. The number of hydrogen-bond donors (Lipinski definition) is 3. The van der Waals surface area contributed by atoms with Crippen molar-refractivity contribution in [3.05, 3.63) is 44.6 Å². The quantitative estimate of drug-likeness (QED) is 0.451. The molecule has 2 rings (SSSR count). The first-order valence-corrected chi connectivity index (χ1v) is 4.72. The summed E-state index contributed by atoms with van der Waals surface area (Å²) >= 11 is 0. The van der Waals surface area contributed by atoms with Crippen molar-refractivity contribution < 1.29 is 10.0 Å². The summed E-state index contributed by atoms with van der Waals surface area (Å²) in [5.41, 5.74) is 0.911. The molecule has 0 aliphatic carbocycles. The molecule has 0 atom stereocenters. The van der Waals surface area contributed by atoms with E-state index in [0.29, 0.717) is 5.52 Å². The fourth-order valence-corrected chi connectivity index (χ4v) is 1.51. The lowest BCUT2D eigenvalue weighted by atomic mass is 10.1. The molecule has 2 aromatic rings. The van der Waals surface area contributed by atoms with E-state index in [9.17, 15) is 14.4 Å². The van der Waals surface area contributed by atoms with Crippen LogP contribution >= 0.6 is 0 Å². The lowest BCUT2D eigenvalue weighted by molar-refractivity contribution is 0.0706. The average Bonchev–Trinajstić information content (AvgIpc) is 2.35. The molecule has 17 heavy (non-hydrogen) atoms. The molecule has 7 heteroatoms. The van der Waals surface area contributed by atoms with E-state index in [0.717, 1.165) is 4.57 Å². The minimum atomic E-state index is -0.722. The SMILES string of the molecule is Cn1c(=O)[nH]c2ccc(C(=O)NO)cc2c1=O. The van der Waals surface area contributed by atoms with Crippen molar-refractivity contribution in [1.82, 2.24) is 15.0 Å². The van der Waals surface area contributed by atoms with Crippen molar-refractivity contribution in [2.75, 3.05) is 0 Å². The van der Waals surface area contributed by atoms with Gasteiger partial charge in [0.05, 0.1) is 10.9 Å². The summed E-state index contributed by atoms with van der Waals surface area (Å²) in [6.45, 7) is 0. The van der Waals surface area contributed by atoms with Gasteiger partial charge in [-0.05, 0) is 18.2 Å². The molecule has 0 aliphatic heterocycles. The predicted octanol–water partition coefficient (Wildman–Crippen LogP) is -0.654. The molecular formula is C10H9N3O4. The number of rotatable bonds is 1. The molecular weight excluding hydrogens is 226 g/mol. The fraction of sp³-hybridized carbons (Fsp3) is 0.100. The predicted molar refractivity (Wildman–Crippen MR) is 59.1 cm³/mol. The summed E-state index contributed by atoms with van der Waals surface area (Å²) in [6.07, 6.45) is 0. The Morgan fingerprint density at radius 3 is 2.76 bits per heavy atom. The smallest absolute Gasteiger partial charge is 0.307 e. The monoisotopic (exact) mass is 235 g/mol. The third kappa shape index (κ3) is 1.72. The summed E-state index contributed by atoms with van der Waals surface area (Å²) in [6, 6.07) is 4.13. The van der Waals surface area contributed by atoms with Gasteiger partial charge in [0.1, 0.15) is 0 Å². The molecule has 0 spiro atoms. The first-order chi connectivity index (χ1) is 8.04. The second kappa shape index (κ2) is 3.87. The molecule has 0 saturated heterocycles. The summed E-state index contributed by atoms with van der Waals surface area (Å²) in [4.78, 5) is 36.8. The van der Waals surface area contributed by atoms with E-state index in [1.165, 1.54) is 30.7 Å². The first kappa shape index (κ1) is 11.1. The molecule has 1 amide bonds. The number of aromatic nitrogens is 2. The zero-order valence-corrected chi connectivity index (χ0v) is 8.85. The van der Waals surface area contributed by atoms with Gasteiger partial charge in [0.25, 0.3) is 11.5 Å². The maximum atomic E-state index is 11.8. The molecule has 88 valence electrons. The molecule has 0 bridgehead atoms. The van der Waals surface area contributed by atoms with Crippen LogP contribution < -0.4 is 16.7 Å². The summed E-state index contributed by atoms with van der Waals surface area (Å²) in [5, 5.41) is 8.69. The zero-order valence-electron chi connectivity index (χ0n) is 8.85. The van der Waals surface area contributed by atoms with Crippen LogP contribution in [0.5, 0.6) is 0 Å². The van der Waals surface area contributed by atoms with E-state index in [1.54, 1.807) is 0 Å². The van der Waals surface area contributed by atoms with Crippen LogP contribution in [0.1, 0.15) is 10.4 Å². The molecule has 0 radical (unpaired) electrons. The van der Waals surface area contributed by atoms with Crippen molar-refractivity contribution in [1.29, 1.82) is 0 Å². The molecule has 7 nitrogen and oxygen atoms in total. The van der Waals surface area contributed by atoms with Gasteiger partial charge < -0.3 is 4.98 Å². The number of carbonyl (C=O) groups is 1. The molecule has 0 fully saturated rings. The molecule has 1 aromatic heterocycles. The van der Waals surface area contributed by atoms with E-state index >= 15 is 0 Å². The van der Waals surface area contributed by atoms with Gasteiger partial charge in [-0.1, -0.05) is 0 Å². The number of nitrogens with one attached hydrogen (secondary N) is 2. The molecule has 1 aromatic carbocycles. The maximum absolute atomic E-state index is 11.8. The minimum absolute atomic E-state index is 0.129. The number of benzene rings is 1. The van der Waals surface area contributed by atoms with Crippen LogP contribution in [0, 0.1) is 0 Å². The second-order valence-corrected chi connectivity index (χ2v) is 3.50. The number of carbonyl (C=O) groups excluding carboxylic acids is 1.